The number of nitriles is 1. The number of likely N-dealkylation sites (tertiary alicyclic amines) is 1. The molecule has 0 radical (unpaired) electrons. The van der Waals surface area contributed by atoms with Crippen LogP contribution in [0.5, 0.6) is 11.5 Å². The van der Waals surface area contributed by atoms with Gasteiger partial charge in [-0.05, 0) is 73.9 Å². The highest BCUT2D eigenvalue weighted by Gasteiger charge is 2.41. The summed E-state index contributed by atoms with van der Waals surface area (Å²) >= 11 is 0. The smallest absolute Gasteiger partial charge is 0.161 e. The van der Waals surface area contributed by atoms with Crippen molar-refractivity contribution < 1.29 is 14.2 Å². The van der Waals surface area contributed by atoms with Crippen LogP contribution >= 0.6 is 0 Å². The molecule has 3 heterocycles. The predicted molar refractivity (Wildman–Crippen MR) is 143 cm³/mol. The third-order valence-electron chi connectivity index (χ3n) is 8.75. The number of aliphatic imine (C=N–C) groups is 1. The molecule has 6 rings (SSSR count). The average Bonchev–Trinajstić information content (AvgIpc) is 3.22. The minimum atomic E-state index is -0.346. The van der Waals surface area contributed by atoms with Crippen molar-refractivity contribution in [2.45, 2.75) is 56.8 Å². The Balaban J connectivity index is 1.08. The van der Waals surface area contributed by atoms with E-state index in [4.69, 9.17) is 19.2 Å². The lowest BCUT2D eigenvalue weighted by molar-refractivity contribution is 0.171. The van der Waals surface area contributed by atoms with Crippen LogP contribution in [0.15, 0.2) is 58.3 Å². The number of benzene rings is 1. The first-order chi connectivity index (χ1) is 18.0. The number of fused-ring (bicyclic) bond motifs is 4. The summed E-state index contributed by atoms with van der Waals surface area (Å²) in [4.78, 5) is 7.41. The first-order valence-corrected chi connectivity index (χ1v) is 13.5. The zero-order valence-corrected chi connectivity index (χ0v) is 21.8. The molecule has 2 bridgehead atoms. The Morgan fingerprint density at radius 2 is 2.08 bits per heavy atom. The van der Waals surface area contributed by atoms with Gasteiger partial charge >= 0.3 is 0 Å². The van der Waals surface area contributed by atoms with E-state index in [1.165, 1.54) is 30.4 Å². The number of nitrogens with zero attached hydrogens (tertiary/aromatic N) is 3. The van der Waals surface area contributed by atoms with E-state index >= 15 is 0 Å². The molecule has 1 aromatic carbocycles. The summed E-state index contributed by atoms with van der Waals surface area (Å²) in [5.41, 5.74) is 2.79. The molecule has 2 aliphatic carbocycles. The van der Waals surface area contributed by atoms with E-state index in [0.717, 1.165) is 49.2 Å². The highest BCUT2D eigenvalue weighted by atomic mass is 16.6. The molecular weight excluding hydrogens is 464 g/mol. The summed E-state index contributed by atoms with van der Waals surface area (Å²) < 4.78 is 16.9. The molecule has 1 N–H and O–H groups in total. The Hall–Kier alpha value is -3.08. The number of hydrogen-bond donors (Lipinski definition) is 1. The van der Waals surface area contributed by atoms with Gasteiger partial charge < -0.3 is 19.5 Å². The molecule has 7 heteroatoms. The molecule has 0 amide bonds. The maximum atomic E-state index is 9.85. The highest BCUT2D eigenvalue weighted by Crippen LogP contribution is 2.42. The normalized spacial score (nSPS) is 32.1. The maximum Gasteiger partial charge on any atom is 0.161 e. The van der Waals surface area contributed by atoms with Crippen molar-refractivity contribution in [3.8, 4) is 17.6 Å². The van der Waals surface area contributed by atoms with Crippen LogP contribution < -0.4 is 14.8 Å². The molecule has 5 unspecified atom stereocenters. The second kappa shape index (κ2) is 10.00. The first kappa shape index (κ1) is 24.3. The number of allylic oxidation sites excluding steroid dienone is 2. The molecule has 0 aromatic heterocycles. The van der Waals surface area contributed by atoms with Gasteiger partial charge in [0, 0.05) is 43.9 Å². The molecule has 1 aromatic rings. The standard InChI is InChI=1S/C30H36N4O3/c1-30-7-5-25(35-2)15-27(30)26(22(16-31)18-33-30)6-8-34-19-21-11-23(14-24(34)12-21)32-17-20-3-4-28-29(13-20)37-10-9-36-28/h3-5,7,13,15,18,21,23-24,27,32H,6,8-12,14,17,19H2,1-2H3. The Bertz CT molecular complexity index is 1210. The first-order valence-electron chi connectivity index (χ1n) is 13.5. The Kier molecular flexibility index (Phi) is 6.56. The van der Waals surface area contributed by atoms with Crippen molar-refractivity contribution in [3.63, 3.8) is 0 Å². The van der Waals surface area contributed by atoms with Crippen LogP contribution in [0.2, 0.25) is 0 Å². The van der Waals surface area contributed by atoms with Gasteiger partial charge in [0.1, 0.15) is 25.0 Å². The third-order valence-corrected chi connectivity index (χ3v) is 8.75. The molecular formula is C30H36N4O3. The van der Waals surface area contributed by atoms with Crippen LogP contribution in [0.1, 0.15) is 38.2 Å². The molecule has 7 nitrogen and oxygen atoms in total. The predicted octanol–water partition coefficient (Wildman–Crippen LogP) is 4.17. The lowest BCUT2D eigenvalue weighted by Crippen LogP contribution is -2.40. The van der Waals surface area contributed by atoms with Gasteiger partial charge in [0.25, 0.3) is 0 Å². The zero-order valence-electron chi connectivity index (χ0n) is 21.8. The number of methoxy groups -OCH3 is 1. The summed E-state index contributed by atoms with van der Waals surface area (Å²) in [6.45, 7) is 6.36. The third kappa shape index (κ3) is 4.81. The summed E-state index contributed by atoms with van der Waals surface area (Å²) in [5, 5.41) is 13.7. The molecule has 1 saturated carbocycles. The molecule has 2 fully saturated rings. The van der Waals surface area contributed by atoms with Gasteiger partial charge in [-0.3, -0.25) is 9.89 Å². The minimum absolute atomic E-state index is 0.0643. The van der Waals surface area contributed by atoms with Crippen molar-refractivity contribution in [2.75, 3.05) is 33.4 Å². The van der Waals surface area contributed by atoms with Gasteiger partial charge in [-0.25, -0.2) is 0 Å². The molecule has 0 spiro atoms. The van der Waals surface area contributed by atoms with E-state index in [1.807, 2.05) is 12.1 Å². The maximum absolute atomic E-state index is 9.85. The van der Waals surface area contributed by atoms with Gasteiger partial charge in [0.2, 0.25) is 0 Å². The van der Waals surface area contributed by atoms with Crippen LogP contribution in [0.4, 0.5) is 0 Å². The van der Waals surface area contributed by atoms with Gasteiger partial charge in [-0.1, -0.05) is 12.1 Å². The van der Waals surface area contributed by atoms with E-state index in [0.29, 0.717) is 30.9 Å². The fourth-order valence-corrected chi connectivity index (χ4v) is 6.80. The van der Waals surface area contributed by atoms with Crippen molar-refractivity contribution in [1.82, 2.24) is 10.2 Å². The Morgan fingerprint density at radius 3 is 2.92 bits per heavy atom. The van der Waals surface area contributed by atoms with Crippen LogP contribution in [0, 0.1) is 23.2 Å². The minimum Gasteiger partial charge on any atom is -0.497 e. The van der Waals surface area contributed by atoms with Crippen molar-refractivity contribution in [2.24, 2.45) is 16.8 Å². The van der Waals surface area contributed by atoms with Crippen LogP contribution in [0.3, 0.4) is 0 Å². The van der Waals surface area contributed by atoms with Crippen molar-refractivity contribution in [3.05, 3.63) is 58.9 Å². The van der Waals surface area contributed by atoms with E-state index in [9.17, 15) is 5.26 Å². The van der Waals surface area contributed by atoms with Crippen LogP contribution in [0.25, 0.3) is 0 Å². The lowest BCUT2D eigenvalue weighted by atomic mass is 9.73. The Morgan fingerprint density at radius 1 is 1.22 bits per heavy atom. The number of nitrogens with one attached hydrogen (secondary N) is 1. The second-order valence-electron chi connectivity index (χ2n) is 11.1. The molecule has 3 aliphatic heterocycles. The van der Waals surface area contributed by atoms with Gasteiger partial charge in [-0.2, -0.15) is 5.26 Å². The average molecular weight is 501 g/mol. The number of hydrogen-bond acceptors (Lipinski definition) is 7. The lowest BCUT2D eigenvalue weighted by Gasteiger charge is -2.38. The molecule has 5 aliphatic rings. The SMILES string of the molecule is COC1=CC2C(CCN3CC4CC(NCc5ccc6c(c5)OCCO6)CC3C4)=C(C#N)C=NC2(C)C=C1. The largest absolute Gasteiger partial charge is 0.497 e. The molecule has 37 heavy (non-hydrogen) atoms. The highest BCUT2D eigenvalue weighted by molar-refractivity contribution is 5.87. The summed E-state index contributed by atoms with van der Waals surface area (Å²) in [7, 11) is 1.70. The van der Waals surface area contributed by atoms with Gasteiger partial charge in [0.15, 0.2) is 11.5 Å². The zero-order chi connectivity index (χ0) is 25.4. The Labute approximate surface area is 219 Å². The van der Waals surface area contributed by atoms with Crippen LogP contribution in [-0.4, -0.2) is 62.2 Å². The summed E-state index contributed by atoms with van der Waals surface area (Å²) in [5.74, 6) is 3.35. The monoisotopic (exact) mass is 500 g/mol. The second-order valence-corrected chi connectivity index (χ2v) is 11.1. The van der Waals surface area contributed by atoms with E-state index in [1.54, 1.807) is 13.3 Å². The van der Waals surface area contributed by atoms with E-state index in [-0.39, 0.29) is 11.5 Å². The molecule has 1 saturated heterocycles. The summed E-state index contributed by atoms with van der Waals surface area (Å²) in [6.07, 6.45) is 12.6. The topological polar surface area (TPSA) is 79.1 Å². The number of ether oxygens (including phenoxy) is 3. The van der Waals surface area contributed by atoms with E-state index < -0.39 is 0 Å². The fourth-order valence-electron chi connectivity index (χ4n) is 6.80. The number of dihydropyridines is 1. The fraction of sp³-hybridized carbons (Fsp3) is 0.533. The van der Waals surface area contributed by atoms with Crippen LogP contribution in [-0.2, 0) is 11.3 Å². The van der Waals surface area contributed by atoms with Gasteiger partial charge in [0.05, 0.1) is 18.2 Å². The quantitative estimate of drug-likeness (QED) is 0.606. The van der Waals surface area contributed by atoms with Crippen molar-refractivity contribution >= 4 is 6.21 Å². The molecule has 194 valence electrons. The summed E-state index contributed by atoms with van der Waals surface area (Å²) in [6, 6.07) is 9.80. The number of rotatable bonds is 7. The van der Waals surface area contributed by atoms with E-state index in [2.05, 4.69) is 47.5 Å². The van der Waals surface area contributed by atoms with Crippen molar-refractivity contribution in [1.29, 1.82) is 5.26 Å². The van der Waals surface area contributed by atoms with Gasteiger partial charge in [-0.15, -0.1) is 0 Å². The molecule has 5 atom stereocenters.